The third-order valence-electron chi connectivity index (χ3n) is 6.50. The summed E-state index contributed by atoms with van der Waals surface area (Å²) < 4.78 is 9.27. The topological polar surface area (TPSA) is 27.1 Å². The number of benzene rings is 4. The smallest absolute Gasteiger partial charge is 0.121 e. The minimum absolute atomic E-state index is 0.521. The van der Waals surface area contributed by atoms with Crippen molar-refractivity contribution in [3.8, 4) is 0 Å². The van der Waals surface area contributed by atoms with Crippen molar-refractivity contribution < 1.29 is 4.74 Å². The number of rotatable bonds is 10. The van der Waals surface area contributed by atoms with Crippen LogP contribution in [0.5, 0.6) is 0 Å². The summed E-state index contributed by atoms with van der Waals surface area (Å²) in [5.74, 6) is 0. The number of aryl methyl sites for hydroxylation is 1. The van der Waals surface area contributed by atoms with Gasteiger partial charge in [0.15, 0.2) is 0 Å². The van der Waals surface area contributed by atoms with Crippen molar-refractivity contribution in [3.05, 3.63) is 160 Å². The Labute approximate surface area is 221 Å². The zero-order valence-electron chi connectivity index (χ0n) is 20.1. The first-order valence-electron chi connectivity index (χ1n) is 12.3. The highest BCUT2D eigenvalue weighted by atomic mass is 79.9. The van der Waals surface area contributed by atoms with Gasteiger partial charge in [-0.2, -0.15) is 0 Å². The lowest BCUT2D eigenvalue weighted by Crippen LogP contribution is -2.36. The van der Waals surface area contributed by atoms with Crippen molar-refractivity contribution in [2.45, 2.75) is 25.0 Å². The van der Waals surface area contributed by atoms with Crippen molar-refractivity contribution in [1.82, 2.24) is 9.55 Å². The molecule has 0 fully saturated rings. The van der Waals surface area contributed by atoms with Gasteiger partial charge in [0, 0.05) is 17.3 Å². The van der Waals surface area contributed by atoms with E-state index in [1.807, 2.05) is 18.5 Å². The molecule has 0 saturated heterocycles. The zero-order valence-corrected chi connectivity index (χ0v) is 21.7. The Kier molecular flexibility index (Phi) is 7.75. The maximum absolute atomic E-state index is 5.91. The van der Waals surface area contributed by atoms with Gasteiger partial charge in [-0.25, -0.2) is 4.98 Å². The molecule has 1 aromatic heterocycles. The molecule has 0 saturated carbocycles. The van der Waals surface area contributed by atoms with Gasteiger partial charge in [-0.3, -0.25) is 0 Å². The molecule has 5 rings (SSSR count). The largest absolute Gasteiger partial charge is 0.377 e. The summed E-state index contributed by atoms with van der Waals surface area (Å²) in [4.78, 5) is 4.83. The summed E-state index contributed by atoms with van der Waals surface area (Å²) >= 11 is 3.47. The molecule has 0 spiro atoms. The SMILES string of the molecule is Brc1ccc(COCCCc2cn(C(c3ccccc3)(c3ccccc3)c3ccccc3)cn2)cc1. The van der Waals surface area contributed by atoms with E-state index >= 15 is 0 Å². The fourth-order valence-electron chi connectivity index (χ4n) is 4.79. The molecular weight excluding hydrogens is 508 g/mol. The van der Waals surface area contributed by atoms with E-state index in [0.717, 1.165) is 23.0 Å². The van der Waals surface area contributed by atoms with E-state index < -0.39 is 5.54 Å². The molecule has 3 nitrogen and oxygen atoms in total. The predicted octanol–water partition coefficient (Wildman–Crippen LogP) is 7.64. The molecule has 0 N–H and O–H groups in total. The van der Waals surface area contributed by atoms with Crippen molar-refractivity contribution in [1.29, 1.82) is 0 Å². The first-order chi connectivity index (χ1) is 17.8. The van der Waals surface area contributed by atoms with Gasteiger partial charge in [-0.05, 0) is 47.2 Å². The summed E-state index contributed by atoms with van der Waals surface area (Å²) in [7, 11) is 0. The van der Waals surface area contributed by atoms with Crippen molar-refractivity contribution in [2.75, 3.05) is 6.61 Å². The predicted molar refractivity (Wildman–Crippen MR) is 149 cm³/mol. The van der Waals surface area contributed by atoms with Gasteiger partial charge in [0.05, 0.1) is 18.6 Å². The van der Waals surface area contributed by atoms with E-state index in [-0.39, 0.29) is 0 Å². The van der Waals surface area contributed by atoms with Crippen LogP contribution < -0.4 is 0 Å². The number of hydrogen-bond donors (Lipinski definition) is 0. The molecule has 5 aromatic rings. The molecule has 0 aliphatic rings. The Morgan fingerprint density at radius 2 is 1.22 bits per heavy atom. The second kappa shape index (κ2) is 11.5. The Hall–Kier alpha value is -3.47. The van der Waals surface area contributed by atoms with Crippen LogP contribution in [0.25, 0.3) is 0 Å². The van der Waals surface area contributed by atoms with Crippen molar-refractivity contribution in [3.63, 3.8) is 0 Å². The number of halogens is 1. The molecule has 1 heterocycles. The number of ether oxygens (including phenoxy) is 1. The monoisotopic (exact) mass is 536 g/mol. The summed E-state index contributed by atoms with van der Waals surface area (Å²) in [6.07, 6.45) is 5.96. The van der Waals surface area contributed by atoms with E-state index in [9.17, 15) is 0 Å². The first-order valence-corrected chi connectivity index (χ1v) is 13.1. The fourth-order valence-corrected chi connectivity index (χ4v) is 5.05. The molecule has 0 aliphatic carbocycles. The van der Waals surface area contributed by atoms with Crippen LogP contribution in [0.4, 0.5) is 0 Å². The lowest BCUT2D eigenvalue weighted by molar-refractivity contribution is 0.118. The van der Waals surface area contributed by atoms with E-state index in [0.29, 0.717) is 13.2 Å². The van der Waals surface area contributed by atoms with Gasteiger partial charge in [-0.15, -0.1) is 0 Å². The van der Waals surface area contributed by atoms with Crippen LogP contribution in [0, 0.1) is 0 Å². The highest BCUT2D eigenvalue weighted by molar-refractivity contribution is 9.10. The average molecular weight is 538 g/mol. The maximum atomic E-state index is 5.91. The molecule has 0 radical (unpaired) electrons. The van der Waals surface area contributed by atoms with E-state index in [1.54, 1.807) is 0 Å². The van der Waals surface area contributed by atoms with Crippen molar-refractivity contribution >= 4 is 15.9 Å². The van der Waals surface area contributed by atoms with Gasteiger partial charge in [0.1, 0.15) is 5.54 Å². The summed E-state index contributed by atoms with van der Waals surface area (Å²) in [6.45, 7) is 1.32. The lowest BCUT2D eigenvalue weighted by atomic mass is 9.77. The molecule has 0 atom stereocenters. The van der Waals surface area contributed by atoms with Crippen LogP contribution >= 0.6 is 15.9 Å². The number of nitrogens with zero attached hydrogens (tertiary/aromatic N) is 2. The average Bonchev–Trinajstić information content (AvgIpc) is 3.41. The van der Waals surface area contributed by atoms with Crippen LogP contribution in [0.15, 0.2) is 132 Å². The van der Waals surface area contributed by atoms with Crippen LogP contribution in [0.2, 0.25) is 0 Å². The highest BCUT2D eigenvalue weighted by Gasteiger charge is 2.38. The first kappa shape index (κ1) is 24.2. The molecule has 4 heteroatoms. The normalized spacial score (nSPS) is 11.5. The number of hydrogen-bond acceptors (Lipinski definition) is 2. The van der Waals surface area contributed by atoms with Gasteiger partial charge in [-0.1, -0.05) is 119 Å². The fraction of sp³-hybridized carbons (Fsp3) is 0.156. The Morgan fingerprint density at radius 3 is 1.75 bits per heavy atom. The zero-order chi connectivity index (χ0) is 24.6. The van der Waals surface area contributed by atoms with E-state index in [1.165, 1.54) is 22.3 Å². The second-order valence-corrected chi connectivity index (χ2v) is 9.78. The molecule has 180 valence electrons. The van der Waals surface area contributed by atoms with Crippen LogP contribution in [0.3, 0.4) is 0 Å². The summed E-state index contributed by atoms with van der Waals surface area (Å²) in [5, 5.41) is 0. The number of aromatic nitrogens is 2. The van der Waals surface area contributed by atoms with Gasteiger partial charge in [0.25, 0.3) is 0 Å². The van der Waals surface area contributed by atoms with Crippen LogP contribution in [0.1, 0.15) is 34.4 Å². The third kappa shape index (κ3) is 5.20. The number of imidazole rings is 1. The Morgan fingerprint density at radius 1 is 0.694 bits per heavy atom. The van der Waals surface area contributed by atoms with Crippen LogP contribution in [-0.2, 0) is 23.3 Å². The lowest BCUT2D eigenvalue weighted by Gasteiger charge is -2.37. The van der Waals surface area contributed by atoms with Gasteiger partial charge >= 0.3 is 0 Å². The maximum Gasteiger partial charge on any atom is 0.121 e. The molecule has 0 bridgehead atoms. The minimum atomic E-state index is -0.521. The Bertz CT molecular complexity index is 1250. The van der Waals surface area contributed by atoms with Gasteiger partial charge in [0.2, 0.25) is 0 Å². The molecule has 0 amide bonds. The van der Waals surface area contributed by atoms with Gasteiger partial charge < -0.3 is 9.30 Å². The molecule has 36 heavy (non-hydrogen) atoms. The second-order valence-electron chi connectivity index (χ2n) is 8.86. The van der Waals surface area contributed by atoms with E-state index in [4.69, 9.17) is 9.72 Å². The molecule has 4 aromatic carbocycles. The van der Waals surface area contributed by atoms with E-state index in [2.05, 4.69) is 130 Å². The minimum Gasteiger partial charge on any atom is -0.377 e. The Balaban J connectivity index is 1.40. The molecule has 0 aliphatic heterocycles. The quantitative estimate of drug-likeness (QED) is 0.135. The summed E-state index contributed by atoms with van der Waals surface area (Å²) in [6, 6.07) is 40.3. The summed E-state index contributed by atoms with van der Waals surface area (Å²) in [5.41, 5.74) is 5.32. The van der Waals surface area contributed by atoms with Crippen molar-refractivity contribution in [2.24, 2.45) is 0 Å². The van der Waals surface area contributed by atoms with Crippen LogP contribution in [-0.4, -0.2) is 16.2 Å². The molecule has 0 unspecified atom stereocenters. The highest BCUT2D eigenvalue weighted by Crippen LogP contribution is 2.40. The molecular formula is C32H29BrN2O. The standard InChI is InChI=1S/C32H29BrN2O/c33-30-20-18-26(19-21-30)24-36-22-10-17-31-23-35(25-34-31)32(27-11-4-1-5-12-27,28-13-6-2-7-14-28)29-15-8-3-9-16-29/h1-9,11-16,18-21,23,25H,10,17,22,24H2. The third-order valence-corrected chi connectivity index (χ3v) is 7.03.